The molecule has 29 heavy (non-hydrogen) atoms. The first-order chi connectivity index (χ1) is 13.9. The number of hydrogen-bond acceptors (Lipinski definition) is 6. The van der Waals surface area contributed by atoms with Crippen molar-refractivity contribution in [1.82, 2.24) is 14.8 Å². The van der Waals surface area contributed by atoms with Crippen LogP contribution >= 0.6 is 11.3 Å². The highest BCUT2D eigenvalue weighted by Gasteiger charge is 2.08. The summed E-state index contributed by atoms with van der Waals surface area (Å²) >= 11 is 1.42. The molecule has 0 bridgehead atoms. The molecule has 0 aliphatic rings. The fourth-order valence-corrected chi connectivity index (χ4v) is 2.97. The zero-order valence-corrected chi connectivity index (χ0v) is 20.3. The van der Waals surface area contributed by atoms with Crippen molar-refractivity contribution in [3.05, 3.63) is 34.8 Å². The van der Waals surface area contributed by atoms with Gasteiger partial charge < -0.3 is 14.5 Å². The number of hydrogen-bond donors (Lipinski definition) is 0. The van der Waals surface area contributed by atoms with E-state index in [4.69, 9.17) is 4.74 Å². The Kier molecular flexibility index (Phi) is 15.1. The van der Waals surface area contributed by atoms with Gasteiger partial charge in [0.15, 0.2) is 6.29 Å². The highest BCUT2D eigenvalue weighted by Crippen LogP contribution is 2.28. The van der Waals surface area contributed by atoms with Crippen molar-refractivity contribution < 1.29 is 9.53 Å². The van der Waals surface area contributed by atoms with Crippen molar-refractivity contribution in [2.45, 2.75) is 41.0 Å². The van der Waals surface area contributed by atoms with Crippen LogP contribution in [0.4, 0.5) is 0 Å². The van der Waals surface area contributed by atoms with Gasteiger partial charge in [-0.05, 0) is 65.3 Å². The van der Waals surface area contributed by atoms with E-state index in [1.54, 1.807) is 0 Å². The molecular weight excluding hydrogens is 382 g/mol. The summed E-state index contributed by atoms with van der Waals surface area (Å²) in [7, 11) is 6.34. The molecule has 0 fully saturated rings. The lowest BCUT2D eigenvalue weighted by atomic mass is 10.2. The molecule has 0 spiro atoms. The molecule has 0 unspecified atom stereocenters. The van der Waals surface area contributed by atoms with Gasteiger partial charge in [0.1, 0.15) is 10.8 Å². The predicted octanol–water partition coefficient (Wildman–Crippen LogP) is 5.25. The summed E-state index contributed by atoms with van der Waals surface area (Å²) in [5.41, 5.74) is 1.80. The first-order valence-electron chi connectivity index (χ1n) is 10.4. The SMILES string of the molecule is CC.CCCOc1ccc(-c2nc(C)c(C=O)s2)cc1.CCN(C)CCN(C)C. The van der Waals surface area contributed by atoms with Gasteiger partial charge in [-0.25, -0.2) is 4.98 Å². The number of rotatable bonds is 9. The second kappa shape index (κ2) is 16.1. The number of carbonyl (C=O) groups excluding carboxylic acids is 1. The molecule has 0 aliphatic carbocycles. The number of ether oxygens (including phenoxy) is 1. The zero-order valence-electron chi connectivity index (χ0n) is 19.5. The second-order valence-corrected chi connectivity index (χ2v) is 7.69. The minimum Gasteiger partial charge on any atom is -0.494 e. The predicted molar refractivity (Wildman–Crippen MR) is 127 cm³/mol. The Labute approximate surface area is 181 Å². The Morgan fingerprint density at radius 2 is 1.69 bits per heavy atom. The van der Waals surface area contributed by atoms with Gasteiger partial charge in [-0.3, -0.25) is 4.79 Å². The summed E-state index contributed by atoms with van der Waals surface area (Å²) in [5, 5.41) is 0.872. The van der Waals surface area contributed by atoms with Gasteiger partial charge in [0.05, 0.1) is 17.2 Å². The van der Waals surface area contributed by atoms with Crippen molar-refractivity contribution in [2.24, 2.45) is 0 Å². The third kappa shape index (κ3) is 11.1. The lowest BCUT2D eigenvalue weighted by Crippen LogP contribution is -2.28. The number of thiazole rings is 1. The topological polar surface area (TPSA) is 45.7 Å². The first-order valence-corrected chi connectivity index (χ1v) is 11.2. The third-order valence-electron chi connectivity index (χ3n) is 3.98. The van der Waals surface area contributed by atoms with Crippen molar-refractivity contribution in [1.29, 1.82) is 0 Å². The Hall–Kier alpha value is -1.76. The number of aldehydes is 1. The Balaban J connectivity index is 0.000000606. The molecule has 0 saturated heterocycles. The highest BCUT2D eigenvalue weighted by molar-refractivity contribution is 7.16. The number of aryl methyl sites for hydroxylation is 1. The standard InChI is InChI=1S/C14H15NO2S.C7H18N2.C2H6/c1-3-8-17-12-6-4-11(5-7-12)14-15-10(2)13(9-16)18-14;1-5-9(4)7-6-8(2)3;1-2/h4-7,9H,3,8H2,1-2H3;5-7H2,1-4H3;1-2H3. The van der Waals surface area contributed by atoms with Gasteiger partial charge in [-0.15, -0.1) is 11.3 Å². The van der Waals surface area contributed by atoms with Crippen LogP contribution in [0.25, 0.3) is 10.6 Å². The quantitative estimate of drug-likeness (QED) is 0.518. The van der Waals surface area contributed by atoms with Crippen LogP contribution in [0.5, 0.6) is 5.75 Å². The molecule has 1 heterocycles. The maximum atomic E-state index is 10.8. The molecule has 0 saturated carbocycles. The van der Waals surface area contributed by atoms with Gasteiger partial charge >= 0.3 is 0 Å². The molecule has 164 valence electrons. The van der Waals surface area contributed by atoms with Gasteiger partial charge in [0, 0.05) is 18.7 Å². The van der Waals surface area contributed by atoms with Crippen LogP contribution in [-0.4, -0.2) is 68.5 Å². The Morgan fingerprint density at radius 1 is 1.07 bits per heavy atom. The Bertz CT molecular complexity index is 669. The molecule has 2 aromatic rings. The number of benzene rings is 1. The molecule has 5 nitrogen and oxygen atoms in total. The van der Waals surface area contributed by atoms with E-state index in [2.05, 4.69) is 49.8 Å². The number of aromatic nitrogens is 1. The third-order valence-corrected chi connectivity index (χ3v) is 5.11. The van der Waals surface area contributed by atoms with E-state index < -0.39 is 0 Å². The molecule has 0 aliphatic heterocycles. The summed E-state index contributed by atoms with van der Waals surface area (Å²) in [6, 6.07) is 7.81. The van der Waals surface area contributed by atoms with Crippen molar-refractivity contribution in [3.8, 4) is 16.3 Å². The normalized spacial score (nSPS) is 10.1. The van der Waals surface area contributed by atoms with Crippen LogP contribution in [-0.2, 0) is 0 Å². The first kappa shape index (κ1) is 27.2. The van der Waals surface area contributed by atoms with Gasteiger partial charge in [0.25, 0.3) is 0 Å². The van der Waals surface area contributed by atoms with Crippen molar-refractivity contribution >= 4 is 17.6 Å². The summed E-state index contributed by atoms with van der Waals surface area (Å²) in [4.78, 5) is 20.4. The van der Waals surface area contributed by atoms with E-state index in [-0.39, 0.29) is 0 Å². The maximum Gasteiger partial charge on any atom is 0.161 e. The van der Waals surface area contributed by atoms with Crippen LogP contribution in [0.2, 0.25) is 0 Å². The maximum absolute atomic E-state index is 10.8. The van der Waals surface area contributed by atoms with Crippen LogP contribution in [0.1, 0.15) is 49.5 Å². The van der Waals surface area contributed by atoms with Gasteiger partial charge in [-0.2, -0.15) is 0 Å². The molecule has 0 radical (unpaired) electrons. The summed E-state index contributed by atoms with van der Waals surface area (Å²) in [5.74, 6) is 0.865. The van der Waals surface area contributed by atoms with Crippen molar-refractivity contribution in [2.75, 3.05) is 47.4 Å². The molecule has 6 heteroatoms. The van der Waals surface area contributed by atoms with E-state index in [0.717, 1.165) is 54.4 Å². The lowest BCUT2D eigenvalue weighted by Gasteiger charge is -2.16. The van der Waals surface area contributed by atoms with E-state index >= 15 is 0 Å². The summed E-state index contributed by atoms with van der Waals surface area (Å²) in [6.45, 7) is 14.3. The fraction of sp³-hybridized carbons (Fsp3) is 0.565. The number of nitrogens with zero attached hydrogens (tertiary/aromatic N) is 3. The van der Waals surface area contributed by atoms with Crippen LogP contribution < -0.4 is 4.74 Å². The van der Waals surface area contributed by atoms with Crippen LogP contribution in [0, 0.1) is 6.92 Å². The molecule has 2 rings (SSSR count). The summed E-state index contributed by atoms with van der Waals surface area (Å²) < 4.78 is 5.52. The van der Waals surface area contributed by atoms with E-state index in [1.807, 2.05) is 45.0 Å². The van der Waals surface area contributed by atoms with E-state index in [0.29, 0.717) is 4.88 Å². The van der Waals surface area contributed by atoms with E-state index in [1.165, 1.54) is 17.9 Å². The Morgan fingerprint density at radius 3 is 2.14 bits per heavy atom. The lowest BCUT2D eigenvalue weighted by molar-refractivity contribution is 0.112. The molecule has 1 aromatic carbocycles. The smallest absolute Gasteiger partial charge is 0.161 e. The summed E-state index contributed by atoms with van der Waals surface area (Å²) in [6.07, 6.45) is 1.85. The average Bonchev–Trinajstić information content (AvgIpc) is 3.13. The number of carbonyl (C=O) groups is 1. The average molecular weight is 422 g/mol. The minimum atomic E-state index is 0.691. The largest absolute Gasteiger partial charge is 0.494 e. The van der Waals surface area contributed by atoms with Crippen LogP contribution in [0.3, 0.4) is 0 Å². The van der Waals surface area contributed by atoms with Crippen LogP contribution in [0.15, 0.2) is 24.3 Å². The minimum absolute atomic E-state index is 0.691. The molecular formula is C23H39N3O2S. The fourth-order valence-electron chi connectivity index (χ4n) is 2.08. The van der Waals surface area contributed by atoms with E-state index in [9.17, 15) is 4.79 Å². The monoisotopic (exact) mass is 421 g/mol. The molecule has 1 aromatic heterocycles. The van der Waals surface area contributed by atoms with Gasteiger partial charge in [-0.1, -0.05) is 27.7 Å². The molecule has 0 N–H and O–H groups in total. The van der Waals surface area contributed by atoms with Gasteiger partial charge in [0.2, 0.25) is 0 Å². The van der Waals surface area contributed by atoms with Crippen molar-refractivity contribution in [3.63, 3.8) is 0 Å². The zero-order chi connectivity index (χ0) is 22.2. The second-order valence-electron chi connectivity index (χ2n) is 6.66. The number of likely N-dealkylation sites (N-methyl/N-ethyl adjacent to an activating group) is 2. The molecule has 0 amide bonds. The highest BCUT2D eigenvalue weighted by atomic mass is 32.1. The molecule has 0 atom stereocenters.